The average molecular weight is 406 g/mol. The predicted octanol–water partition coefficient (Wildman–Crippen LogP) is 3.15. The molecule has 1 fully saturated rings. The number of carbonyl (C=O) groups is 2. The van der Waals surface area contributed by atoms with Crippen molar-refractivity contribution in [2.45, 2.75) is 32.7 Å². The molecule has 0 aromatic heterocycles. The molecule has 0 spiro atoms. The molecule has 0 atom stereocenters. The van der Waals surface area contributed by atoms with Gasteiger partial charge in [-0.05, 0) is 41.2 Å². The lowest BCUT2D eigenvalue weighted by molar-refractivity contribution is -0.133. The number of nitrogens with zero attached hydrogens (tertiary/aromatic N) is 3. The minimum atomic E-state index is 0.0870. The summed E-state index contributed by atoms with van der Waals surface area (Å²) in [7, 11) is 0. The molecule has 0 N–H and O–H groups in total. The molecule has 0 aliphatic carbocycles. The number of carbonyl (C=O) groups excluding carboxylic acids is 2. The lowest BCUT2D eigenvalue weighted by atomic mass is 10.00. The standard InChI is InChI=1S/C25H31N3O2/c1-19(2)20-7-9-22(10-8-20)25(30)27-15-13-26(14-16-27)18-24(29)28-12-11-21-5-3-4-6-23(21)17-28/h3-10,19H,11-18H2,1-2H3. The first-order valence-corrected chi connectivity index (χ1v) is 11.0. The van der Waals surface area contributed by atoms with E-state index in [0.29, 0.717) is 32.1 Å². The van der Waals surface area contributed by atoms with E-state index in [1.807, 2.05) is 40.1 Å². The van der Waals surface area contributed by atoms with Gasteiger partial charge < -0.3 is 9.80 Å². The highest BCUT2D eigenvalue weighted by Gasteiger charge is 2.26. The fraction of sp³-hybridized carbons (Fsp3) is 0.440. The topological polar surface area (TPSA) is 43.9 Å². The first-order chi connectivity index (χ1) is 14.5. The third-order valence-electron chi connectivity index (χ3n) is 6.33. The van der Waals surface area contributed by atoms with E-state index in [2.05, 4.69) is 36.9 Å². The van der Waals surface area contributed by atoms with E-state index in [9.17, 15) is 9.59 Å². The number of fused-ring (bicyclic) bond motifs is 1. The number of rotatable bonds is 4. The van der Waals surface area contributed by atoms with Crippen LogP contribution in [-0.4, -0.2) is 65.8 Å². The Kier molecular flexibility index (Phi) is 6.18. The van der Waals surface area contributed by atoms with Gasteiger partial charge in [-0.2, -0.15) is 0 Å². The highest BCUT2D eigenvalue weighted by molar-refractivity contribution is 5.94. The summed E-state index contributed by atoms with van der Waals surface area (Å²) in [5, 5.41) is 0. The lowest BCUT2D eigenvalue weighted by Crippen LogP contribution is -2.52. The Morgan fingerprint density at radius 1 is 0.833 bits per heavy atom. The lowest BCUT2D eigenvalue weighted by Gasteiger charge is -2.36. The molecule has 0 saturated carbocycles. The van der Waals surface area contributed by atoms with Crippen LogP contribution in [0, 0.1) is 0 Å². The molecule has 2 aliphatic rings. The maximum Gasteiger partial charge on any atom is 0.253 e. The van der Waals surface area contributed by atoms with Crippen LogP contribution in [-0.2, 0) is 17.8 Å². The van der Waals surface area contributed by atoms with Crippen LogP contribution >= 0.6 is 0 Å². The largest absolute Gasteiger partial charge is 0.337 e. The number of hydrogen-bond acceptors (Lipinski definition) is 3. The van der Waals surface area contributed by atoms with E-state index in [1.165, 1.54) is 16.7 Å². The van der Waals surface area contributed by atoms with Crippen molar-refractivity contribution in [1.82, 2.24) is 14.7 Å². The highest BCUT2D eigenvalue weighted by atomic mass is 16.2. The van der Waals surface area contributed by atoms with Crippen LogP contribution in [0.3, 0.4) is 0 Å². The molecular formula is C25H31N3O2. The van der Waals surface area contributed by atoms with Crippen LogP contribution < -0.4 is 0 Å². The summed E-state index contributed by atoms with van der Waals surface area (Å²) in [5.41, 5.74) is 4.61. The van der Waals surface area contributed by atoms with Gasteiger partial charge in [0.05, 0.1) is 6.54 Å². The van der Waals surface area contributed by atoms with E-state index in [1.54, 1.807) is 0 Å². The van der Waals surface area contributed by atoms with Gasteiger partial charge in [0.25, 0.3) is 5.91 Å². The van der Waals surface area contributed by atoms with Crippen molar-refractivity contribution in [1.29, 1.82) is 0 Å². The molecule has 0 bridgehead atoms. The van der Waals surface area contributed by atoms with E-state index >= 15 is 0 Å². The number of piperazine rings is 1. The van der Waals surface area contributed by atoms with Gasteiger partial charge in [0.15, 0.2) is 0 Å². The van der Waals surface area contributed by atoms with Gasteiger partial charge in [0.1, 0.15) is 0 Å². The van der Waals surface area contributed by atoms with Crippen LogP contribution in [0.5, 0.6) is 0 Å². The van der Waals surface area contributed by atoms with E-state index in [-0.39, 0.29) is 11.8 Å². The summed E-state index contributed by atoms with van der Waals surface area (Å²) in [6.07, 6.45) is 0.930. The van der Waals surface area contributed by atoms with Crippen molar-refractivity contribution < 1.29 is 9.59 Å². The maximum absolute atomic E-state index is 12.8. The third-order valence-corrected chi connectivity index (χ3v) is 6.33. The fourth-order valence-corrected chi connectivity index (χ4v) is 4.30. The summed E-state index contributed by atoms with van der Waals surface area (Å²) in [6.45, 7) is 9.06. The van der Waals surface area contributed by atoms with Gasteiger partial charge in [-0.15, -0.1) is 0 Å². The van der Waals surface area contributed by atoms with Crippen LogP contribution in [0.1, 0.15) is 46.8 Å². The quantitative estimate of drug-likeness (QED) is 0.785. The molecule has 4 rings (SSSR count). The van der Waals surface area contributed by atoms with Crippen LogP contribution in [0.2, 0.25) is 0 Å². The van der Waals surface area contributed by atoms with Gasteiger partial charge in [0, 0.05) is 44.8 Å². The molecule has 5 nitrogen and oxygen atoms in total. The summed E-state index contributed by atoms with van der Waals surface area (Å²) < 4.78 is 0. The Labute approximate surface area is 179 Å². The first kappa shape index (κ1) is 20.6. The number of amides is 2. The molecule has 2 heterocycles. The summed E-state index contributed by atoms with van der Waals surface area (Å²) in [5.74, 6) is 0.737. The molecule has 30 heavy (non-hydrogen) atoms. The summed E-state index contributed by atoms with van der Waals surface area (Å²) in [4.78, 5) is 31.7. The van der Waals surface area contributed by atoms with Crippen LogP contribution in [0.15, 0.2) is 48.5 Å². The van der Waals surface area contributed by atoms with Crippen molar-refractivity contribution in [3.8, 4) is 0 Å². The van der Waals surface area contributed by atoms with Crippen molar-refractivity contribution in [2.75, 3.05) is 39.3 Å². The van der Waals surface area contributed by atoms with Crippen LogP contribution in [0.4, 0.5) is 0 Å². The molecular weight excluding hydrogens is 374 g/mol. The molecule has 2 aliphatic heterocycles. The minimum Gasteiger partial charge on any atom is -0.337 e. The molecule has 0 radical (unpaired) electrons. The molecule has 2 aromatic carbocycles. The van der Waals surface area contributed by atoms with Crippen molar-refractivity contribution >= 4 is 11.8 Å². The minimum absolute atomic E-state index is 0.0870. The number of benzene rings is 2. The molecule has 2 aromatic rings. The second-order valence-corrected chi connectivity index (χ2v) is 8.68. The number of hydrogen-bond donors (Lipinski definition) is 0. The van der Waals surface area contributed by atoms with Crippen molar-refractivity contribution in [3.05, 3.63) is 70.8 Å². The Hall–Kier alpha value is -2.66. The second-order valence-electron chi connectivity index (χ2n) is 8.68. The van der Waals surface area contributed by atoms with E-state index in [4.69, 9.17) is 0 Å². The third kappa shape index (κ3) is 4.57. The van der Waals surface area contributed by atoms with Crippen molar-refractivity contribution in [2.24, 2.45) is 0 Å². The summed E-state index contributed by atoms with van der Waals surface area (Å²) >= 11 is 0. The predicted molar refractivity (Wildman–Crippen MR) is 118 cm³/mol. The van der Waals surface area contributed by atoms with Gasteiger partial charge in [-0.25, -0.2) is 0 Å². The summed E-state index contributed by atoms with van der Waals surface area (Å²) in [6, 6.07) is 16.3. The van der Waals surface area contributed by atoms with E-state index < -0.39 is 0 Å². The zero-order chi connectivity index (χ0) is 21.1. The molecule has 2 amide bonds. The smallest absolute Gasteiger partial charge is 0.253 e. The van der Waals surface area contributed by atoms with Crippen LogP contribution in [0.25, 0.3) is 0 Å². The van der Waals surface area contributed by atoms with Gasteiger partial charge in [0.2, 0.25) is 5.91 Å². The maximum atomic E-state index is 12.8. The average Bonchev–Trinajstić information content (AvgIpc) is 2.79. The molecule has 0 unspecified atom stereocenters. The first-order valence-electron chi connectivity index (χ1n) is 11.0. The second kappa shape index (κ2) is 9.00. The van der Waals surface area contributed by atoms with Gasteiger partial charge in [-0.1, -0.05) is 50.2 Å². The Morgan fingerprint density at radius 2 is 1.50 bits per heavy atom. The Bertz CT molecular complexity index is 899. The van der Waals surface area contributed by atoms with E-state index in [0.717, 1.165) is 31.6 Å². The highest BCUT2D eigenvalue weighted by Crippen LogP contribution is 2.19. The monoisotopic (exact) mass is 405 g/mol. The SMILES string of the molecule is CC(C)c1ccc(C(=O)N2CCN(CC(=O)N3CCc4ccccc4C3)CC2)cc1. The Morgan fingerprint density at radius 3 is 2.17 bits per heavy atom. The van der Waals surface area contributed by atoms with Crippen molar-refractivity contribution in [3.63, 3.8) is 0 Å². The Balaban J connectivity index is 1.27. The van der Waals surface area contributed by atoms with Gasteiger partial charge >= 0.3 is 0 Å². The normalized spacial score (nSPS) is 17.2. The fourth-order valence-electron chi connectivity index (χ4n) is 4.30. The zero-order valence-electron chi connectivity index (χ0n) is 18.0. The molecule has 5 heteroatoms. The van der Waals surface area contributed by atoms with Gasteiger partial charge in [-0.3, -0.25) is 14.5 Å². The zero-order valence-corrected chi connectivity index (χ0v) is 18.0. The molecule has 1 saturated heterocycles. The molecule has 158 valence electrons.